The van der Waals surface area contributed by atoms with Gasteiger partial charge in [0.1, 0.15) is 17.7 Å². The van der Waals surface area contributed by atoms with Crippen molar-refractivity contribution in [2.45, 2.75) is 62.9 Å². The number of hydrogen-bond acceptors (Lipinski definition) is 5. The molecular formula is C31H36ClF2NO5SSi. The van der Waals surface area contributed by atoms with Crippen molar-refractivity contribution < 1.29 is 31.1 Å². The first-order valence-electron chi connectivity index (χ1n) is 13.5. The van der Waals surface area contributed by atoms with Crippen molar-refractivity contribution in [2.24, 2.45) is 0 Å². The topological polar surface area (TPSA) is 65.1 Å². The third-order valence-electron chi connectivity index (χ3n) is 7.94. The average Bonchev–Trinajstić information content (AvgIpc) is 2.91. The molecule has 11 heteroatoms. The molecule has 1 aliphatic heterocycles. The van der Waals surface area contributed by atoms with Gasteiger partial charge in [0.25, 0.3) is 10.0 Å². The van der Waals surface area contributed by atoms with Crippen LogP contribution in [-0.4, -0.2) is 42.6 Å². The summed E-state index contributed by atoms with van der Waals surface area (Å²) < 4.78 is 76.1. The zero-order chi connectivity index (χ0) is 31.0. The molecule has 42 heavy (non-hydrogen) atoms. The van der Waals surface area contributed by atoms with E-state index < -0.39 is 42.1 Å². The van der Waals surface area contributed by atoms with Gasteiger partial charge in [0.05, 0.1) is 35.4 Å². The van der Waals surface area contributed by atoms with E-state index in [0.717, 1.165) is 12.1 Å². The van der Waals surface area contributed by atoms with Gasteiger partial charge in [0, 0.05) is 11.6 Å². The molecule has 0 amide bonds. The van der Waals surface area contributed by atoms with E-state index >= 15 is 0 Å². The highest BCUT2D eigenvalue weighted by Crippen LogP contribution is 2.43. The molecule has 6 nitrogen and oxygen atoms in total. The number of rotatable bonds is 8. The molecule has 0 radical (unpaired) electrons. The highest BCUT2D eigenvalue weighted by molar-refractivity contribution is 7.92. The zero-order valence-electron chi connectivity index (χ0n) is 24.7. The van der Waals surface area contributed by atoms with Crippen molar-refractivity contribution in [2.75, 3.05) is 18.0 Å². The van der Waals surface area contributed by atoms with E-state index in [0.29, 0.717) is 11.3 Å². The van der Waals surface area contributed by atoms with Gasteiger partial charge in [-0.2, -0.15) is 0 Å². The van der Waals surface area contributed by atoms with Crippen molar-refractivity contribution in [3.63, 3.8) is 0 Å². The molecule has 0 aliphatic carbocycles. The standard InChI is InChI=1S/C31H36ClF2NO5SSi/c1-20-30(19-39-42(6,7)31(2,3)4)40-28-16-12-21(11-14-23-24(32)9-8-10-25(23)33)17-27(28)35(20)41(36,37)22-13-15-26(34)29(18-22)38-5/h8-18,20,30H,19H2,1-7H3/b14-11+/t20-,30+/m1/s1. The van der Waals surface area contributed by atoms with Crippen molar-refractivity contribution >= 4 is 47.8 Å². The summed E-state index contributed by atoms with van der Waals surface area (Å²) in [7, 11) is -5.13. The molecular weight excluding hydrogens is 600 g/mol. The van der Waals surface area contributed by atoms with Crippen LogP contribution in [0.4, 0.5) is 14.5 Å². The number of benzene rings is 3. The fraction of sp³-hybridized carbons (Fsp3) is 0.355. The Bertz CT molecular complexity index is 1590. The quantitative estimate of drug-likeness (QED) is 0.185. The van der Waals surface area contributed by atoms with Gasteiger partial charge in [-0.1, -0.05) is 50.6 Å². The van der Waals surface area contributed by atoms with Gasteiger partial charge in [-0.15, -0.1) is 0 Å². The monoisotopic (exact) mass is 635 g/mol. The summed E-state index contributed by atoms with van der Waals surface area (Å²) in [5, 5.41) is 0.196. The molecule has 2 atom stereocenters. The first-order valence-corrected chi connectivity index (χ1v) is 18.2. The molecule has 1 aliphatic rings. The Balaban J connectivity index is 1.79. The van der Waals surface area contributed by atoms with E-state index in [1.54, 1.807) is 37.3 Å². The Morgan fingerprint density at radius 2 is 1.76 bits per heavy atom. The van der Waals surface area contributed by atoms with Crippen LogP contribution in [0.25, 0.3) is 12.2 Å². The van der Waals surface area contributed by atoms with Crippen LogP contribution >= 0.6 is 11.6 Å². The number of methoxy groups -OCH3 is 1. The molecule has 0 unspecified atom stereocenters. The number of hydrogen-bond donors (Lipinski definition) is 0. The number of anilines is 1. The molecule has 0 saturated heterocycles. The Labute approximate surface area is 253 Å². The van der Waals surface area contributed by atoms with Crippen LogP contribution in [0.2, 0.25) is 23.2 Å². The maximum Gasteiger partial charge on any atom is 0.264 e. The van der Waals surface area contributed by atoms with Crippen LogP contribution < -0.4 is 13.8 Å². The van der Waals surface area contributed by atoms with Crippen LogP contribution in [0.15, 0.2) is 59.5 Å². The Kier molecular flexibility index (Phi) is 9.13. The summed E-state index contributed by atoms with van der Waals surface area (Å²) in [5.74, 6) is -0.997. The largest absolute Gasteiger partial charge is 0.494 e. The van der Waals surface area contributed by atoms with Gasteiger partial charge in [0.15, 0.2) is 19.9 Å². The van der Waals surface area contributed by atoms with Crippen LogP contribution in [0.1, 0.15) is 38.8 Å². The molecule has 0 fully saturated rings. The summed E-state index contributed by atoms with van der Waals surface area (Å²) in [6, 6.07) is 12.2. The number of sulfonamides is 1. The van der Waals surface area contributed by atoms with Gasteiger partial charge < -0.3 is 13.9 Å². The lowest BCUT2D eigenvalue weighted by molar-refractivity contribution is 0.0969. The number of ether oxygens (including phenoxy) is 2. The van der Waals surface area contributed by atoms with Gasteiger partial charge in [0.2, 0.25) is 0 Å². The second-order valence-corrected chi connectivity index (χ2v) is 18.8. The zero-order valence-corrected chi connectivity index (χ0v) is 27.3. The van der Waals surface area contributed by atoms with E-state index in [1.165, 1.54) is 35.7 Å². The summed E-state index contributed by atoms with van der Waals surface area (Å²) >= 11 is 6.18. The molecule has 1 heterocycles. The maximum absolute atomic E-state index is 14.4. The van der Waals surface area contributed by atoms with E-state index in [9.17, 15) is 17.2 Å². The first-order chi connectivity index (χ1) is 19.6. The van der Waals surface area contributed by atoms with Crippen LogP contribution in [0.5, 0.6) is 11.5 Å². The second-order valence-electron chi connectivity index (χ2n) is 11.8. The van der Waals surface area contributed by atoms with Crippen molar-refractivity contribution in [1.82, 2.24) is 0 Å². The molecule has 0 spiro atoms. The Morgan fingerprint density at radius 3 is 2.40 bits per heavy atom. The summed E-state index contributed by atoms with van der Waals surface area (Å²) in [4.78, 5) is -0.136. The highest BCUT2D eigenvalue weighted by Gasteiger charge is 2.43. The lowest BCUT2D eigenvalue weighted by Gasteiger charge is -2.43. The van der Waals surface area contributed by atoms with Gasteiger partial charge in [-0.3, -0.25) is 4.31 Å². The predicted octanol–water partition coefficient (Wildman–Crippen LogP) is 8.16. The number of nitrogens with zero attached hydrogens (tertiary/aromatic N) is 1. The lowest BCUT2D eigenvalue weighted by atomic mass is 10.1. The SMILES string of the molecule is COc1cc(S(=O)(=O)N2c3cc(/C=C/c4c(F)cccc4Cl)ccc3O[C@@H](CO[Si](C)(C)C(C)(C)C)[C@H]2C)ccc1F. The van der Waals surface area contributed by atoms with E-state index in [4.69, 9.17) is 25.5 Å². The summed E-state index contributed by atoms with van der Waals surface area (Å²) in [6.45, 7) is 12.6. The Hall–Kier alpha value is -2.92. The van der Waals surface area contributed by atoms with Crippen molar-refractivity contribution in [3.8, 4) is 11.5 Å². The Morgan fingerprint density at radius 1 is 1.05 bits per heavy atom. The van der Waals surface area contributed by atoms with Crippen molar-refractivity contribution in [1.29, 1.82) is 0 Å². The maximum atomic E-state index is 14.4. The normalized spacial score (nSPS) is 17.7. The molecule has 0 saturated carbocycles. The number of fused-ring (bicyclic) bond motifs is 1. The minimum atomic E-state index is -4.23. The van der Waals surface area contributed by atoms with E-state index in [-0.39, 0.29) is 38.6 Å². The van der Waals surface area contributed by atoms with Crippen LogP contribution in [-0.2, 0) is 14.4 Å². The van der Waals surface area contributed by atoms with Gasteiger partial charge in [-0.25, -0.2) is 17.2 Å². The number of halogens is 3. The molecule has 226 valence electrons. The van der Waals surface area contributed by atoms with Crippen LogP contribution in [0.3, 0.4) is 0 Å². The molecule has 0 bridgehead atoms. The molecule has 0 N–H and O–H groups in total. The van der Waals surface area contributed by atoms with E-state index in [1.807, 2.05) is 0 Å². The van der Waals surface area contributed by atoms with Gasteiger partial charge in [-0.05, 0) is 73.1 Å². The highest BCUT2D eigenvalue weighted by atomic mass is 35.5. The fourth-order valence-corrected chi connectivity index (χ4v) is 7.27. The third kappa shape index (κ3) is 6.36. The summed E-state index contributed by atoms with van der Waals surface area (Å²) in [6.07, 6.45) is 2.56. The first kappa shape index (κ1) is 32.0. The minimum Gasteiger partial charge on any atom is -0.494 e. The van der Waals surface area contributed by atoms with Gasteiger partial charge >= 0.3 is 0 Å². The average molecular weight is 636 g/mol. The summed E-state index contributed by atoms with van der Waals surface area (Å²) in [5.41, 5.74) is 1.10. The third-order valence-corrected chi connectivity index (χ3v) is 14.7. The van der Waals surface area contributed by atoms with E-state index in [2.05, 4.69) is 33.9 Å². The van der Waals surface area contributed by atoms with Crippen molar-refractivity contribution in [3.05, 3.63) is 82.4 Å². The smallest absolute Gasteiger partial charge is 0.264 e. The predicted molar refractivity (Wildman–Crippen MR) is 166 cm³/mol. The lowest BCUT2D eigenvalue weighted by Crippen LogP contribution is -2.54. The second kappa shape index (κ2) is 12.0. The molecule has 3 aromatic rings. The minimum absolute atomic E-state index is 0.0540. The molecule has 4 rings (SSSR count). The van der Waals surface area contributed by atoms with Crippen LogP contribution in [0, 0.1) is 11.6 Å². The molecule has 3 aromatic carbocycles. The molecule has 0 aromatic heterocycles. The fourth-order valence-electron chi connectivity index (χ4n) is 4.33.